The average molecular weight is 398 g/mol. The number of aryl methyl sites for hydroxylation is 1. The van der Waals surface area contributed by atoms with Crippen molar-refractivity contribution in [2.24, 2.45) is 0 Å². The summed E-state index contributed by atoms with van der Waals surface area (Å²) in [5.74, 6) is -2.02. The molecule has 1 fully saturated rings. The zero-order valence-electron chi connectivity index (χ0n) is 16.8. The molecule has 1 unspecified atom stereocenters. The third-order valence-electron chi connectivity index (χ3n) is 5.19. The first-order chi connectivity index (χ1) is 13.9. The Bertz CT molecular complexity index is 848. The minimum Gasteiger partial charge on any atom is -0.346 e. The molecule has 1 aliphatic heterocycles. The lowest BCUT2D eigenvalue weighted by Gasteiger charge is -2.38. The van der Waals surface area contributed by atoms with Crippen LogP contribution in [0.4, 0.5) is 10.1 Å². The number of likely N-dealkylation sites (N-methyl/N-ethyl adjacent to an activating group) is 1. The minimum atomic E-state index is -0.809. The molecular formula is C22H27FN4O2. The predicted octanol–water partition coefficient (Wildman–Crippen LogP) is 2.18. The van der Waals surface area contributed by atoms with Crippen LogP contribution in [0.2, 0.25) is 0 Å². The number of anilines is 1. The van der Waals surface area contributed by atoms with Crippen molar-refractivity contribution < 1.29 is 14.0 Å². The lowest BCUT2D eigenvalue weighted by atomic mass is 10.0. The van der Waals surface area contributed by atoms with Gasteiger partial charge in [-0.1, -0.05) is 35.9 Å². The van der Waals surface area contributed by atoms with E-state index in [1.165, 1.54) is 29.8 Å². The van der Waals surface area contributed by atoms with Crippen molar-refractivity contribution in [1.29, 1.82) is 0 Å². The van der Waals surface area contributed by atoms with Gasteiger partial charge in [0.05, 0.1) is 6.04 Å². The van der Waals surface area contributed by atoms with Crippen LogP contribution >= 0.6 is 0 Å². The molecule has 0 saturated carbocycles. The van der Waals surface area contributed by atoms with Gasteiger partial charge in [0.1, 0.15) is 5.82 Å². The highest BCUT2D eigenvalue weighted by atomic mass is 19.1. The van der Waals surface area contributed by atoms with Crippen molar-refractivity contribution >= 4 is 17.5 Å². The van der Waals surface area contributed by atoms with Crippen LogP contribution in [0.15, 0.2) is 48.5 Å². The SMILES string of the molecule is Cc1ccc(C(CNC(=O)C(=O)Nc2cccc(F)c2)N2CCN(C)CC2)cc1. The number of nitrogens with zero attached hydrogens (tertiary/aromatic N) is 2. The summed E-state index contributed by atoms with van der Waals surface area (Å²) >= 11 is 0. The molecular weight excluding hydrogens is 371 g/mol. The molecule has 0 spiro atoms. The maximum atomic E-state index is 13.3. The second-order valence-electron chi connectivity index (χ2n) is 7.44. The van der Waals surface area contributed by atoms with Gasteiger partial charge in [0.25, 0.3) is 0 Å². The Morgan fingerprint density at radius 1 is 1.03 bits per heavy atom. The van der Waals surface area contributed by atoms with E-state index in [0.29, 0.717) is 6.54 Å². The summed E-state index contributed by atoms with van der Waals surface area (Å²) < 4.78 is 13.3. The molecule has 29 heavy (non-hydrogen) atoms. The fraction of sp³-hybridized carbons (Fsp3) is 0.364. The smallest absolute Gasteiger partial charge is 0.313 e. The first kappa shape index (κ1) is 21.0. The summed E-state index contributed by atoms with van der Waals surface area (Å²) in [6, 6.07) is 13.7. The monoisotopic (exact) mass is 398 g/mol. The normalized spacial score (nSPS) is 16.2. The van der Waals surface area contributed by atoms with Crippen LogP contribution in [0.25, 0.3) is 0 Å². The molecule has 2 amide bonds. The van der Waals surface area contributed by atoms with Crippen LogP contribution in [0.3, 0.4) is 0 Å². The Balaban J connectivity index is 1.64. The largest absolute Gasteiger partial charge is 0.346 e. The van der Waals surface area contributed by atoms with E-state index in [-0.39, 0.29) is 11.7 Å². The second-order valence-corrected chi connectivity index (χ2v) is 7.44. The highest BCUT2D eigenvalue weighted by molar-refractivity contribution is 6.39. The fourth-order valence-electron chi connectivity index (χ4n) is 3.40. The van der Waals surface area contributed by atoms with Crippen molar-refractivity contribution in [3.05, 3.63) is 65.5 Å². The van der Waals surface area contributed by atoms with Crippen molar-refractivity contribution in [3.63, 3.8) is 0 Å². The molecule has 154 valence electrons. The van der Waals surface area contributed by atoms with E-state index in [1.807, 2.05) is 6.92 Å². The quantitative estimate of drug-likeness (QED) is 0.758. The molecule has 0 aromatic heterocycles. The molecule has 2 N–H and O–H groups in total. The molecule has 2 aromatic carbocycles. The third-order valence-corrected chi connectivity index (χ3v) is 5.19. The maximum Gasteiger partial charge on any atom is 0.313 e. The van der Waals surface area contributed by atoms with Gasteiger partial charge >= 0.3 is 11.8 Å². The Kier molecular flexibility index (Phi) is 6.95. The maximum absolute atomic E-state index is 13.3. The van der Waals surface area contributed by atoms with Crippen LogP contribution in [-0.4, -0.2) is 61.4 Å². The van der Waals surface area contributed by atoms with Crippen molar-refractivity contribution in [2.45, 2.75) is 13.0 Å². The van der Waals surface area contributed by atoms with Crippen LogP contribution in [0, 0.1) is 12.7 Å². The number of piperazine rings is 1. The van der Waals surface area contributed by atoms with Gasteiger partial charge in [0.15, 0.2) is 0 Å². The van der Waals surface area contributed by atoms with Gasteiger partial charge in [0, 0.05) is 38.4 Å². The van der Waals surface area contributed by atoms with Gasteiger partial charge in [-0.05, 0) is 37.7 Å². The summed E-state index contributed by atoms with van der Waals surface area (Å²) in [5, 5.41) is 5.17. The second kappa shape index (κ2) is 9.62. The van der Waals surface area contributed by atoms with E-state index >= 15 is 0 Å². The minimum absolute atomic E-state index is 0.0183. The van der Waals surface area contributed by atoms with E-state index < -0.39 is 17.6 Å². The summed E-state index contributed by atoms with van der Waals surface area (Å²) in [4.78, 5) is 29.1. The number of carbonyl (C=O) groups excluding carboxylic acids is 2. The van der Waals surface area contributed by atoms with Gasteiger partial charge in [-0.25, -0.2) is 4.39 Å². The van der Waals surface area contributed by atoms with Crippen molar-refractivity contribution in [2.75, 3.05) is 45.1 Å². The Morgan fingerprint density at radius 3 is 2.38 bits per heavy atom. The van der Waals surface area contributed by atoms with E-state index in [0.717, 1.165) is 31.7 Å². The summed E-state index contributed by atoms with van der Waals surface area (Å²) in [6.07, 6.45) is 0. The van der Waals surface area contributed by atoms with Crippen LogP contribution < -0.4 is 10.6 Å². The van der Waals surface area contributed by atoms with E-state index in [2.05, 4.69) is 51.7 Å². The average Bonchev–Trinajstić information content (AvgIpc) is 2.70. The Hall–Kier alpha value is -2.77. The zero-order chi connectivity index (χ0) is 20.8. The molecule has 3 rings (SSSR count). The van der Waals surface area contributed by atoms with Crippen LogP contribution in [-0.2, 0) is 9.59 Å². The number of hydrogen-bond acceptors (Lipinski definition) is 4. The lowest BCUT2D eigenvalue weighted by molar-refractivity contribution is -0.136. The molecule has 7 heteroatoms. The number of rotatable bonds is 5. The predicted molar refractivity (Wildman–Crippen MR) is 111 cm³/mol. The van der Waals surface area contributed by atoms with Crippen molar-refractivity contribution in [1.82, 2.24) is 15.1 Å². The van der Waals surface area contributed by atoms with Gasteiger partial charge in [0.2, 0.25) is 0 Å². The van der Waals surface area contributed by atoms with Crippen LogP contribution in [0.5, 0.6) is 0 Å². The fourth-order valence-corrected chi connectivity index (χ4v) is 3.40. The van der Waals surface area contributed by atoms with Crippen molar-refractivity contribution in [3.8, 4) is 0 Å². The number of carbonyl (C=O) groups is 2. The van der Waals surface area contributed by atoms with Gasteiger partial charge in [-0.15, -0.1) is 0 Å². The topological polar surface area (TPSA) is 64.7 Å². The first-order valence-electron chi connectivity index (χ1n) is 9.76. The molecule has 1 saturated heterocycles. The summed E-state index contributed by atoms with van der Waals surface area (Å²) in [5.41, 5.74) is 2.52. The molecule has 2 aromatic rings. The molecule has 0 radical (unpaired) electrons. The Labute approximate surface area is 170 Å². The molecule has 0 bridgehead atoms. The molecule has 0 aliphatic carbocycles. The number of benzene rings is 2. The van der Waals surface area contributed by atoms with E-state index in [4.69, 9.17) is 0 Å². The number of nitrogens with one attached hydrogen (secondary N) is 2. The lowest BCUT2D eigenvalue weighted by Crippen LogP contribution is -2.49. The number of hydrogen-bond donors (Lipinski definition) is 2. The van der Waals surface area contributed by atoms with Gasteiger partial charge in [-0.2, -0.15) is 0 Å². The molecule has 1 atom stereocenters. The molecule has 1 aliphatic rings. The van der Waals surface area contributed by atoms with Crippen LogP contribution in [0.1, 0.15) is 17.2 Å². The highest BCUT2D eigenvalue weighted by Crippen LogP contribution is 2.22. The van der Waals surface area contributed by atoms with Gasteiger partial charge in [-0.3, -0.25) is 14.5 Å². The van der Waals surface area contributed by atoms with E-state index in [9.17, 15) is 14.0 Å². The van der Waals surface area contributed by atoms with Gasteiger partial charge < -0.3 is 15.5 Å². The summed E-state index contributed by atoms with van der Waals surface area (Å²) in [7, 11) is 2.09. The molecule has 6 nitrogen and oxygen atoms in total. The standard InChI is InChI=1S/C22H27FN4O2/c1-16-6-8-17(9-7-16)20(27-12-10-26(2)11-13-27)15-24-21(28)22(29)25-19-5-3-4-18(23)14-19/h3-9,14,20H,10-13,15H2,1-2H3,(H,24,28)(H,25,29). The summed E-state index contributed by atoms with van der Waals surface area (Å²) in [6.45, 7) is 6.04. The third kappa shape index (κ3) is 5.85. The zero-order valence-corrected chi connectivity index (χ0v) is 16.8. The number of halogens is 1. The number of amides is 2. The first-order valence-corrected chi connectivity index (χ1v) is 9.76. The highest BCUT2D eigenvalue weighted by Gasteiger charge is 2.25. The molecule has 1 heterocycles. The Morgan fingerprint density at radius 2 is 1.72 bits per heavy atom. The van der Waals surface area contributed by atoms with E-state index in [1.54, 1.807) is 0 Å².